The summed E-state index contributed by atoms with van der Waals surface area (Å²) < 4.78 is 5.93. The lowest BCUT2D eigenvalue weighted by Gasteiger charge is -2.32. The van der Waals surface area contributed by atoms with Crippen LogP contribution in [-0.4, -0.2) is 35.5 Å². The van der Waals surface area contributed by atoms with Crippen LogP contribution in [0, 0.1) is 0 Å². The fourth-order valence-corrected chi connectivity index (χ4v) is 2.33. The minimum absolute atomic E-state index is 0.0344. The smallest absolute Gasteiger partial charge is 0.0708 e. The third kappa shape index (κ3) is 3.44. The summed E-state index contributed by atoms with van der Waals surface area (Å²) in [5.74, 6) is 0. The van der Waals surface area contributed by atoms with E-state index in [1.165, 1.54) is 0 Å². The molecule has 0 aromatic heterocycles. The minimum Gasteiger partial charge on any atom is -0.394 e. The number of rotatable bonds is 6. The van der Waals surface area contributed by atoms with Crippen LogP contribution in [0.4, 0.5) is 0 Å². The predicted molar refractivity (Wildman–Crippen MR) is 66.6 cm³/mol. The van der Waals surface area contributed by atoms with Gasteiger partial charge < -0.3 is 15.2 Å². The van der Waals surface area contributed by atoms with Gasteiger partial charge in [-0.05, 0) is 39.5 Å². The lowest BCUT2D eigenvalue weighted by atomic mass is 9.93. The lowest BCUT2D eigenvalue weighted by Crippen LogP contribution is -2.50. The molecule has 0 aromatic rings. The second kappa shape index (κ2) is 5.48. The molecule has 1 saturated heterocycles. The fourth-order valence-electron chi connectivity index (χ4n) is 2.33. The first-order valence-electron chi connectivity index (χ1n) is 6.50. The maximum absolute atomic E-state index is 9.45. The summed E-state index contributed by atoms with van der Waals surface area (Å²) in [6.07, 6.45) is 4.46. The Bertz CT molecular complexity index is 204. The van der Waals surface area contributed by atoms with E-state index in [0.29, 0.717) is 6.10 Å². The van der Waals surface area contributed by atoms with Crippen LogP contribution < -0.4 is 5.32 Å². The molecule has 0 spiro atoms. The van der Waals surface area contributed by atoms with E-state index in [0.717, 1.165) is 32.2 Å². The highest BCUT2D eigenvalue weighted by Gasteiger charge is 2.33. The van der Waals surface area contributed by atoms with Crippen molar-refractivity contribution < 1.29 is 9.84 Å². The average molecular weight is 229 g/mol. The normalized spacial score (nSPS) is 24.9. The van der Waals surface area contributed by atoms with Crippen LogP contribution in [0.3, 0.4) is 0 Å². The lowest BCUT2D eigenvalue weighted by molar-refractivity contribution is -0.0191. The zero-order chi connectivity index (χ0) is 12.2. The van der Waals surface area contributed by atoms with Crippen molar-refractivity contribution in [2.75, 3.05) is 13.2 Å². The predicted octanol–water partition coefficient (Wildman–Crippen LogP) is 2.08. The number of aliphatic hydroxyl groups excluding tert-OH is 1. The van der Waals surface area contributed by atoms with E-state index in [1.54, 1.807) is 0 Å². The third-order valence-electron chi connectivity index (χ3n) is 3.92. The standard InChI is InChI=1S/C13H27NO2/c1-5-13(6-2,10-15)14-9-11-7-8-12(3,4)16-11/h11,14-15H,5-10H2,1-4H3. The molecule has 0 saturated carbocycles. The van der Waals surface area contributed by atoms with Crippen LogP contribution in [-0.2, 0) is 4.74 Å². The molecule has 1 heterocycles. The van der Waals surface area contributed by atoms with E-state index in [2.05, 4.69) is 33.0 Å². The molecule has 0 radical (unpaired) electrons. The Hall–Kier alpha value is -0.120. The molecule has 0 aliphatic carbocycles. The van der Waals surface area contributed by atoms with E-state index in [-0.39, 0.29) is 17.7 Å². The highest BCUT2D eigenvalue weighted by molar-refractivity contribution is 4.88. The first kappa shape index (κ1) is 13.9. The van der Waals surface area contributed by atoms with E-state index in [1.807, 2.05) is 0 Å². The quantitative estimate of drug-likeness (QED) is 0.733. The summed E-state index contributed by atoms with van der Waals surface area (Å²) in [6, 6.07) is 0. The average Bonchev–Trinajstić information content (AvgIpc) is 2.61. The first-order valence-corrected chi connectivity index (χ1v) is 6.50. The van der Waals surface area contributed by atoms with Crippen molar-refractivity contribution in [1.82, 2.24) is 5.32 Å². The summed E-state index contributed by atoms with van der Waals surface area (Å²) in [6.45, 7) is 9.58. The molecule has 3 heteroatoms. The largest absolute Gasteiger partial charge is 0.394 e. The van der Waals surface area contributed by atoms with Crippen molar-refractivity contribution in [3.8, 4) is 0 Å². The van der Waals surface area contributed by atoms with Gasteiger partial charge in [0, 0.05) is 12.1 Å². The van der Waals surface area contributed by atoms with Crippen LogP contribution >= 0.6 is 0 Å². The Balaban J connectivity index is 2.39. The molecular formula is C13H27NO2. The maximum Gasteiger partial charge on any atom is 0.0708 e. The van der Waals surface area contributed by atoms with Crippen LogP contribution in [0.2, 0.25) is 0 Å². The molecular weight excluding hydrogens is 202 g/mol. The molecule has 0 aromatic carbocycles. The first-order chi connectivity index (χ1) is 7.47. The van der Waals surface area contributed by atoms with Gasteiger partial charge in [0.25, 0.3) is 0 Å². The van der Waals surface area contributed by atoms with Gasteiger partial charge in [0.1, 0.15) is 0 Å². The fraction of sp³-hybridized carbons (Fsp3) is 1.00. The summed E-state index contributed by atoms with van der Waals surface area (Å²) in [4.78, 5) is 0. The number of hydrogen-bond acceptors (Lipinski definition) is 3. The molecule has 1 aliphatic heterocycles. The second-order valence-electron chi connectivity index (χ2n) is 5.56. The van der Waals surface area contributed by atoms with Crippen LogP contribution in [0.5, 0.6) is 0 Å². The molecule has 96 valence electrons. The second-order valence-corrected chi connectivity index (χ2v) is 5.56. The molecule has 3 nitrogen and oxygen atoms in total. The van der Waals surface area contributed by atoms with Gasteiger partial charge in [0.05, 0.1) is 18.3 Å². The summed E-state index contributed by atoms with van der Waals surface area (Å²) in [5, 5.41) is 12.9. The van der Waals surface area contributed by atoms with Crippen molar-refractivity contribution in [1.29, 1.82) is 0 Å². The monoisotopic (exact) mass is 229 g/mol. The number of nitrogens with one attached hydrogen (secondary N) is 1. The highest BCUT2D eigenvalue weighted by atomic mass is 16.5. The van der Waals surface area contributed by atoms with E-state index < -0.39 is 0 Å². The van der Waals surface area contributed by atoms with E-state index in [9.17, 15) is 5.11 Å². The molecule has 1 aliphatic rings. The summed E-state index contributed by atoms with van der Waals surface area (Å²) >= 11 is 0. The molecule has 2 N–H and O–H groups in total. The van der Waals surface area contributed by atoms with E-state index in [4.69, 9.17) is 4.74 Å². The van der Waals surface area contributed by atoms with Crippen molar-refractivity contribution in [2.24, 2.45) is 0 Å². The number of hydrogen-bond donors (Lipinski definition) is 2. The molecule has 0 bridgehead atoms. The summed E-state index contributed by atoms with van der Waals surface area (Å²) in [5.41, 5.74) is -0.0806. The molecule has 1 rings (SSSR count). The van der Waals surface area contributed by atoms with Crippen molar-refractivity contribution in [3.05, 3.63) is 0 Å². The topological polar surface area (TPSA) is 41.5 Å². The van der Waals surface area contributed by atoms with E-state index >= 15 is 0 Å². The Labute approximate surface area is 99.6 Å². The van der Waals surface area contributed by atoms with Gasteiger partial charge in [-0.2, -0.15) is 0 Å². The molecule has 16 heavy (non-hydrogen) atoms. The Morgan fingerprint density at radius 1 is 1.38 bits per heavy atom. The van der Waals surface area contributed by atoms with Gasteiger partial charge in [-0.1, -0.05) is 13.8 Å². The minimum atomic E-state index is -0.115. The zero-order valence-electron chi connectivity index (χ0n) is 11.2. The van der Waals surface area contributed by atoms with Gasteiger partial charge in [-0.15, -0.1) is 0 Å². The van der Waals surface area contributed by atoms with Crippen molar-refractivity contribution in [2.45, 2.75) is 70.6 Å². The van der Waals surface area contributed by atoms with Crippen molar-refractivity contribution in [3.63, 3.8) is 0 Å². The molecule has 1 unspecified atom stereocenters. The number of aliphatic hydroxyl groups is 1. The zero-order valence-corrected chi connectivity index (χ0v) is 11.2. The van der Waals surface area contributed by atoms with Gasteiger partial charge in [-0.3, -0.25) is 0 Å². The van der Waals surface area contributed by atoms with Gasteiger partial charge in [-0.25, -0.2) is 0 Å². The highest BCUT2D eigenvalue weighted by Crippen LogP contribution is 2.29. The summed E-state index contributed by atoms with van der Waals surface area (Å²) in [7, 11) is 0. The molecule has 0 amide bonds. The SMILES string of the molecule is CCC(CC)(CO)NCC1CCC(C)(C)O1. The molecule has 1 atom stereocenters. The van der Waals surface area contributed by atoms with Crippen LogP contribution in [0.15, 0.2) is 0 Å². The van der Waals surface area contributed by atoms with Crippen molar-refractivity contribution >= 4 is 0 Å². The molecule has 1 fully saturated rings. The maximum atomic E-state index is 9.45. The van der Waals surface area contributed by atoms with Gasteiger partial charge in [0.15, 0.2) is 0 Å². The van der Waals surface area contributed by atoms with Gasteiger partial charge in [0.2, 0.25) is 0 Å². The number of ether oxygens (including phenoxy) is 1. The van der Waals surface area contributed by atoms with Crippen LogP contribution in [0.25, 0.3) is 0 Å². The Kier molecular flexibility index (Phi) is 4.77. The van der Waals surface area contributed by atoms with Gasteiger partial charge >= 0.3 is 0 Å². The Morgan fingerprint density at radius 2 is 2.00 bits per heavy atom. The third-order valence-corrected chi connectivity index (χ3v) is 3.92. The Morgan fingerprint density at radius 3 is 2.38 bits per heavy atom. The van der Waals surface area contributed by atoms with Crippen LogP contribution in [0.1, 0.15) is 53.4 Å².